The maximum Gasteiger partial charge on any atom is 0.240 e. The van der Waals surface area contributed by atoms with Crippen LogP contribution >= 0.6 is 0 Å². The van der Waals surface area contributed by atoms with Crippen LogP contribution in [0.4, 0.5) is 0 Å². The number of nitrogens with one attached hydrogen (secondary N) is 1. The lowest BCUT2D eigenvalue weighted by Gasteiger charge is -2.26. The fourth-order valence-electron chi connectivity index (χ4n) is 2.70. The van der Waals surface area contributed by atoms with Gasteiger partial charge in [-0.1, -0.05) is 12.8 Å². The van der Waals surface area contributed by atoms with Gasteiger partial charge in [-0.05, 0) is 12.8 Å². The zero-order valence-corrected chi connectivity index (χ0v) is 7.51. The van der Waals surface area contributed by atoms with Crippen molar-refractivity contribution in [3.05, 3.63) is 0 Å². The molecule has 13 heavy (non-hydrogen) atoms. The first-order valence-electron chi connectivity index (χ1n) is 4.73. The summed E-state index contributed by atoms with van der Waals surface area (Å²) in [6, 6.07) is -0.414. The fraction of sp³-hybridized carbons (Fsp3) is 0.778. The summed E-state index contributed by atoms with van der Waals surface area (Å²) in [6.45, 7) is 0. The van der Waals surface area contributed by atoms with Crippen molar-refractivity contribution in [1.82, 2.24) is 5.32 Å². The summed E-state index contributed by atoms with van der Waals surface area (Å²) in [5.41, 5.74) is 5.12. The molecule has 2 amide bonds. The summed E-state index contributed by atoms with van der Waals surface area (Å²) >= 11 is 0. The molecule has 1 aliphatic carbocycles. The summed E-state index contributed by atoms with van der Waals surface area (Å²) in [6.07, 6.45) is 4.62. The molecule has 1 saturated carbocycles. The quantitative estimate of drug-likeness (QED) is 0.595. The lowest BCUT2D eigenvalue weighted by molar-refractivity contribution is -0.124. The van der Waals surface area contributed by atoms with E-state index < -0.39 is 6.04 Å². The van der Waals surface area contributed by atoms with E-state index in [9.17, 15) is 9.59 Å². The molecule has 3 N–H and O–H groups in total. The second-order valence-corrected chi connectivity index (χ2v) is 4.15. The second kappa shape index (κ2) is 2.72. The van der Waals surface area contributed by atoms with Gasteiger partial charge in [0.1, 0.15) is 6.04 Å². The lowest BCUT2D eigenvalue weighted by atomic mass is 9.78. The van der Waals surface area contributed by atoms with Crippen LogP contribution in [0, 0.1) is 5.41 Å². The fourth-order valence-corrected chi connectivity index (χ4v) is 2.70. The van der Waals surface area contributed by atoms with Crippen molar-refractivity contribution in [2.75, 3.05) is 0 Å². The zero-order chi connectivity index (χ0) is 9.47. The van der Waals surface area contributed by atoms with Gasteiger partial charge in [0.05, 0.1) is 0 Å². The molecule has 0 aromatic rings. The molecule has 0 bridgehead atoms. The number of primary amides is 1. The number of nitrogens with two attached hydrogens (primary N) is 1. The van der Waals surface area contributed by atoms with Crippen LogP contribution < -0.4 is 11.1 Å². The third-order valence-electron chi connectivity index (χ3n) is 3.31. The smallest absolute Gasteiger partial charge is 0.240 e. The lowest BCUT2D eigenvalue weighted by Crippen LogP contribution is -2.46. The Balaban J connectivity index is 2.25. The molecular formula is C9H14N2O2. The Bertz CT molecular complexity index is 256. The van der Waals surface area contributed by atoms with Gasteiger partial charge >= 0.3 is 0 Å². The molecule has 0 aromatic carbocycles. The Morgan fingerprint density at radius 2 is 2.08 bits per heavy atom. The van der Waals surface area contributed by atoms with Crippen LogP contribution in [-0.2, 0) is 9.59 Å². The van der Waals surface area contributed by atoms with E-state index in [0.29, 0.717) is 6.42 Å². The summed E-state index contributed by atoms with van der Waals surface area (Å²) in [7, 11) is 0. The number of carbonyl (C=O) groups excluding carboxylic acids is 2. The van der Waals surface area contributed by atoms with E-state index in [4.69, 9.17) is 5.73 Å². The Hall–Kier alpha value is -1.06. The standard InChI is InChI=1S/C9H14N2O2/c10-8(13)7-9(3-1-2-4-9)5-6(12)11-7/h7H,1-5H2,(H2,10,13)(H,11,12). The van der Waals surface area contributed by atoms with Crippen molar-refractivity contribution >= 4 is 11.8 Å². The molecule has 2 aliphatic rings. The van der Waals surface area contributed by atoms with Gasteiger partial charge < -0.3 is 11.1 Å². The third kappa shape index (κ3) is 1.20. The molecule has 2 fully saturated rings. The Kier molecular flexibility index (Phi) is 1.78. The van der Waals surface area contributed by atoms with Crippen molar-refractivity contribution in [3.8, 4) is 0 Å². The van der Waals surface area contributed by atoms with Crippen LogP contribution in [0.3, 0.4) is 0 Å². The monoisotopic (exact) mass is 182 g/mol. The maximum atomic E-state index is 11.2. The highest BCUT2D eigenvalue weighted by atomic mass is 16.2. The molecular weight excluding hydrogens is 168 g/mol. The van der Waals surface area contributed by atoms with Crippen LogP contribution in [0.1, 0.15) is 32.1 Å². The minimum absolute atomic E-state index is 0.0225. The van der Waals surface area contributed by atoms with E-state index in [1.807, 2.05) is 0 Å². The number of carbonyl (C=O) groups is 2. The first-order valence-corrected chi connectivity index (χ1v) is 4.73. The highest BCUT2D eigenvalue weighted by Crippen LogP contribution is 2.46. The van der Waals surface area contributed by atoms with Crippen LogP contribution in [0.2, 0.25) is 0 Å². The van der Waals surface area contributed by atoms with Gasteiger partial charge in [0, 0.05) is 11.8 Å². The molecule has 4 nitrogen and oxygen atoms in total. The van der Waals surface area contributed by atoms with Crippen molar-refractivity contribution in [2.45, 2.75) is 38.1 Å². The minimum Gasteiger partial charge on any atom is -0.368 e. The largest absolute Gasteiger partial charge is 0.368 e. The average molecular weight is 182 g/mol. The van der Waals surface area contributed by atoms with Crippen molar-refractivity contribution in [2.24, 2.45) is 11.1 Å². The number of amides is 2. The van der Waals surface area contributed by atoms with Crippen molar-refractivity contribution < 1.29 is 9.59 Å². The Morgan fingerprint density at radius 3 is 2.62 bits per heavy atom. The molecule has 1 unspecified atom stereocenters. The second-order valence-electron chi connectivity index (χ2n) is 4.15. The van der Waals surface area contributed by atoms with E-state index >= 15 is 0 Å². The highest BCUT2D eigenvalue weighted by molar-refractivity contribution is 5.91. The molecule has 1 aliphatic heterocycles. The van der Waals surface area contributed by atoms with E-state index in [1.165, 1.54) is 0 Å². The molecule has 0 aromatic heterocycles. The van der Waals surface area contributed by atoms with Crippen molar-refractivity contribution in [3.63, 3.8) is 0 Å². The Morgan fingerprint density at radius 1 is 1.46 bits per heavy atom. The van der Waals surface area contributed by atoms with Crippen LogP contribution in [-0.4, -0.2) is 17.9 Å². The molecule has 1 heterocycles. The van der Waals surface area contributed by atoms with E-state index in [2.05, 4.69) is 5.32 Å². The van der Waals surface area contributed by atoms with E-state index in [-0.39, 0.29) is 17.2 Å². The first kappa shape index (κ1) is 8.53. The summed E-state index contributed by atoms with van der Waals surface area (Å²) in [4.78, 5) is 22.3. The highest BCUT2D eigenvalue weighted by Gasteiger charge is 2.50. The van der Waals surface area contributed by atoms with Crippen molar-refractivity contribution in [1.29, 1.82) is 0 Å². The molecule has 2 rings (SSSR count). The first-order chi connectivity index (χ1) is 6.14. The molecule has 72 valence electrons. The third-order valence-corrected chi connectivity index (χ3v) is 3.31. The van der Waals surface area contributed by atoms with Gasteiger partial charge in [-0.2, -0.15) is 0 Å². The van der Waals surface area contributed by atoms with Gasteiger partial charge in [0.25, 0.3) is 0 Å². The Labute approximate surface area is 76.9 Å². The average Bonchev–Trinajstić information content (AvgIpc) is 2.60. The summed E-state index contributed by atoms with van der Waals surface area (Å²) in [5, 5.41) is 2.67. The molecule has 1 saturated heterocycles. The maximum absolute atomic E-state index is 11.2. The number of hydrogen-bond acceptors (Lipinski definition) is 2. The van der Waals surface area contributed by atoms with Gasteiger partial charge in [0.2, 0.25) is 11.8 Å². The molecule has 0 radical (unpaired) electrons. The summed E-state index contributed by atoms with van der Waals surface area (Å²) in [5.74, 6) is -0.404. The normalized spacial score (nSPS) is 30.8. The SMILES string of the molecule is NC(=O)C1NC(=O)CC12CCCC2. The molecule has 1 spiro atoms. The topological polar surface area (TPSA) is 72.2 Å². The van der Waals surface area contributed by atoms with Crippen LogP contribution in [0.5, 0.6) is 0 Å². The summed E-state index contributed by atoms with van der Waals surface area (Å²) < 4.78 is 0. The van der Waals surface area contributed by atoms with Crippen LogP contribution in [0.25, 0.3) is 0 Å². The zero-order valence-electron chi connectivity index (χ0n) is 7.51. The number of rotatable bonds is 1. The van der Waals surface area contributed by atoms with Crippen LogP contribution in [0.15, 0.2) is 0 Å². The minimum atomic E-state index is -0.414. The van der Waals surface area contributed by atoms with Gasteiger partial charge in [-0.25, -0.2) is 0 Å². The van der Waals surface area contributed by atoms with Gasteiger partial charge in [0.15, 0.2) is 0 Å². The van der Waals surface area contributed by atoms with Gasteiger partial charge in [-0.15, -0.1) is 0 Å². The number of hydrogen-bond donors (Lipinski definition) is 2. The molecule has 4 heteroatoms. The predicted octanol–water partition coefficient (Wildman–Crippen LogP) is -0.0794. The molecule has 1 atom stereocenters. The predicted molar refractivity (Wildman–Crippen MR) is 46.6 cm³/mol. The van der Waals surface area contributed by atoms with E-state index in [0.717, 1.165) is 25.7 Å². The van der Waals surface area contributed by atoms with E-state index in [1.54, 1.807) is 0 Å². The van der Waals surface area contributed by atoms with Gasteiger partial charge in [-0.3, -0.25) is 9.59 Å².